The largest absolute Gasteiger partial charge is 0.455 e. The van der Waals surface area contributed by atoms with Gasteiger partial charge in [0.05, 0.1) is 17.5 Å². The van der Waals surface area contributed by atoms with Crippen LogP contribution in [0.4, 0.5) is 10.1 Å². The van der Waals surface area contributed by atoms with Crippen molar-refractivity contribution >= 4 is 38.5 Å². The van der Waals surface area contributed by atoms with Crippen molar-refractivity contribution in [2.45, 2.75) is 33.2 Å². The number of amides is 2. The predicted molar refractivity (Wildman–Crippen MR) is 156 cm³/mol. The molecule has 0 aliphatic carbocycles. The van der Waals surface area contributed by atoms with E-state index >= 15 is 0 Å². The highest BCUT2D eigenvalue weighted by Crippen LogP contribution is 2.41. The first-order valence-electron chi connectivity index (χ1n) is 12.7. The minimum atomic E-state index is -3.71. The first kappa shape index (κ1) is 28.8. The molecule has 1 aromatic heterocycles. The Morgan fingerprint density at radius 2 is 1.65 bits per heavy atom. The van der Waals surface area contributed by atoms with E-state index in [1.165, 1.54) is 35.6 Å². The van der Waals surface area contributed by atoms with E-state index in [0.717, 1.165) is 6.26 Å². The molecule has 0 bridgehead atoms. The van der Waals surface area contributed by atoms with Gasteiger partial charge in [0.25, 0.3) is 11.8 Å². The third-order valence-electron chi connectivity index (χ3n) is 6.25. The van der Waals surface area contributed by atoms with E-state index in [2.05, 4.69) is 10.6 Å². The van der Waals surface area contributed by atoms with Crippen molar-refractivity contribution in [2.75, 3.05) is 24.2 Å². The highest BCUT2D eigenvalue weighted by atomic mass is 32.2. The molecule has 210 valence electrons. The summed E-state index contributed by atoms with van der Waals surface area (Å²) in [5.74, 6) is -0.919. The lowest BCUT2D eigenvalue weighted by Crippen LogP contribution is -2.40. The second kappa shape index (κ2) is 10.8. The highest BCUT2D eigenvalue weighted by molar-refractivity contribution is 7.92. The zero-order chi connectivity index (χ0) is 29.4. The Hall–Kier alpha value is -4.18. The summed E-state index contributed by atoms with van der Waals surface area (Å²) in [7, 11) is -2.22. The van der Waals surface area contributed by atoms with Crippen LogP contribution in [0.1, 0.15) is 48.4 Å². The zero-order valence-corrected chi connectivity index (χ0v) is 24.1. The van der Waals surface area contributed by atoms with Gasteiger partial charge in [0, 0.05) is 47.3 Å². The van der Waals surface area contributed by atoms with Gasteiger partial charge in [0.2, 0.25) is 10.0 Å². The molecule has 2 N–H and O–H groups in total. The van der Waals surface area contributed by atoms with Crippen molar-refractivity contribution in [2.24, 2.45) is 0 Å². The predicted octanol–water partition coefficient (Wildman–Crippen LogP) is 5.58. The fourth-order valence-corrected chi connectivity index (χ4v) is 5.53. The maximum atomic E-state index is 13.6. The average Bonchev–Trinajstić information content (AvgIpc) is 3.25. The van der Waals surface area contributed by atoms with Crippen LogP contribution in [0.3, 0.4) is 0 Å². The van der Waals surface area contributed by atoms with Crippen molar-refractivity contribution in [1.82, 2.24) is 10.6 Å². The Labute approximate surface area is 233 Å². The lowest BCUT2D eigenvalue weighted by molar-refractivity contribution is 0.0918. The Bertz CT molecular complexity index is 1700. The molecular weight excluding hydrogens is 533 g/mol. The van der Waals surface area contributed by atoms with Crippen LogP contribution in [0.2, 0.25) is 0 Å². The number of carbonyl (C=O) groups excluding carboxylic acids is 2. The number of rotatable bonds is 7. The Morgan fingerprint density at radius 3 is 2.23 bits per heavy atom. The third-order valence-corrected chi connectivity index (χ3v) is 7.50. The van der Waals surface area contributed by atoms with E-state index < -0.39 is 27.3 Å². The van der Waals surface area contributed by atoms with Crippen LogP contribution < -0.4 is 14.9 Å². The monoisotopic (exact) mass is 565 g/mol. The van der Waals surface area contributed by atoms with Gasteiger partial charge in [-0.05, 0) is 75.7 Å². The molecule has 0 atom stereocenters. The Kier molecular flexibility index (Phi) is 7.76. The molecule has 4 rings (SSSR count). The Balaban J connectivity index is 2.04. The minimum absolute atomic E-state index is 0.134. The molecule has 0 aliphatic rings. The number of nitrogens with zero attached hydrogens (tertiary/aromatic N) is 1. The van der Waals surface area contributed by atoms with E-state index in [0.29, 0.717) is 33.3 Å². The molecule has 0 aliphatic heterocycles. The van der Waals surface area contributed by atoms with Crippen LogP contribution in [-0.2, 0) is 10.0 Å². The van der Waals surface area contributed by atoms with Crippen molar-refractivity contribution in [3.8, 4) is 22.5 Å². The molecule has 0 fully saturated rings. The van der Waals surface area contributed by atoms with Gasteiger partial charge in [-0.25, -0.2) is 12.8 Å². The lowest BCUT2D eigenvalue weighted by atomic mass is 9.97. The first-order valence-corrected chi connectivity index (χ1v) is 14.6. The van der Waals surface area contributed by atoms with Gasteiger partial charge in [0.1, 0.15) is 17.2 Å². The summed E-state index contributed by atoms with van der Waals surface area (Å²) in [5, 5.41) is 6.00. The molecule has 0 spiro atoms. The van der Waals surface area contributed by atoms with E-state index in [9.17, 15) is 22.4 Å². The van der Waals surface area contributed by atoms with Crippen molar-refractivity contribution in [3.05, 3.63) is 77.6 Å². The SMILES string of the molecule is CCN(c1cc2oc(-c3ccc(F)cc3)c(C(=O)NC)c2cc1-c1cccc(C(=O)NC(C)(C)C)c1)S(C)(=O)=O. The topological polar surface area (TPSA) is 109 Å². The second-order valence-corrected chi connectivity index (χ2v) is 12.4. The molecule has 0 radical (unpaired) electrons. The molecule has 2 amide bonds. The van der Waals surface area contributed by atoms with Crippen LogP contribution in [0.15, 0.2) is 65.1 Å². The standard InChI is InChI=1S/C30H32FN3O5S/c1-7-34(40(6,37)38)24-17-25-23(26(29(36)32-5)27(39-25)18-11-13-21(31)14-12-18)16-22(24)19-9-8-10-20(15-19)28(35)33-30(2,3)4/h8-17H,7H2,1-6H3,(H,32,36)(H,33,35). The number of halogens is 1. The smallest absolute Gasteiger partial charge is 0.255 e. The summed E-state index contributed by atoms with van der Waals surface area (Å²) in [6, 6.07) is 15.7. The molecule has 10 heteroatoms. The van der Waals surface area contributed by atoms with Crippen LogP contribution in [0.25, 0.3) is 33.4 Å². The molecular formula is C30H32FN3O5S. The molecule has 0 saturated heterocycles. The van der Waals surface area contributed by atoms with Gasteiger partial charge < -0.3 is 15.1 Å². The maximum absolute atomic E-state index is 13.6. The zero-order valence-electron chi connectivity index (χ0n) is 23.3. The van der Waals surface area contributed by atoms with Gasteiger partial charge in [-0.15, -0.1) is 0 Å². The van der Waals surface area contributed by atoms with E-state index in [4.69, 9.17) is 4.42 Å². The molecule has 0 saturated carbocycles. The maximum Gasteiger partial charge on any atom is 0.255 e. The van der Waals surface area contributed by atoms with Crippen LogP contribution >= 0.6 is 0 Å². The normalized spacial score (nSPS) is 11.9. The molecule has 1 heterocycles. The summed E-state index contributed by atoms with van der Waals surface area (Å²) in [5.41, 5.74) is 2.31. The fraction of sp³-hybridized carbons (Fsp3) is 0.267. The van der Waals surface area contributed by atoms with Gasteiger partial charge in [-0.3, -0.25) is 13.9 Å². The molecule has 8 nitrogen and oxygen atoms in total. The highest BCUT2D eigenvalue weighted by Gasteiger charge is 2.27. The molecule has 0 unspecified atom stereocenters. The minimum Gasteiger partial charge on any atom is -0.455 e. The van der Waals surface area contributed by atoms with Crippen LogP contribution in [-0.4, -0.2) is 45.6 Å². The van der Waals surface area contributed by atoms with Gasteiger partial charge >= 0.3 is 0 Å². The number of benzene rings is 3. The van der Waals surface area contributed by atoms with Crippen LogP contribution in [0, 0.1) is 5.82 Å². The first-order chi connectivity index (χ1) is 18.7. The van der Waals surface area contributed by atoms with E-state index in [1.54, 1.807) is 43.3 Å². The number of nitrogens with one attached hydrogen (secondary N) is 2. The number of carbonyl (C=O) groups is 2. The number of furan rings is 1. The number of hydrogen-bond acceptors (Lipinski definition) is 5. The second-order valence-electron chi connectivity index (χ2n) is 10.5. The fourth-order valence-electron chi connectivity index (χ4n) is 4.55. The Morgan fingerprint density at radius 1 is 0.975 bits per heavy atom. The lowest BCUT2D eigenvalue weighted by Gasteiger charge is -2.24. The summed E-state index contributed by atoms with van der Waals surface area (Å²) in [6.45, 7) is 7.48. The summed E-state index contributed by atoms with van der Waals surface area (Å²) >= 11 is 0. The van der Waals surface area contributed by atoms with Crippen molar-refractivity contribution in [1.29, 1.82) is 0 Å². The van der Waals surface area contributed by atoms with Crippen molar-refractivity contribution in [3.63, 3.8) is 0 Å². The van der Waals surface area contributed by atoms with Gasteiger partial charge in [-0.2, -0.15) is 0 Å². The third kappa shape index (κ3) is 5.86. The van der Waals surface area contributed by atoms with Gasteiger partial charge in [-0.1, -0.05) is 12.1 Å². The van der Waals surface area contributed by atoms with E-state index in [1.807, 2.05) is 20.8 Å². The summed E-state index contributed by atoms with van der Waals surface area (Å²) in [4.78, 5) is 26.0. The average molecular weight is 566 g/mol. The summed E-state index contributed by atoms with van der Waals surface area (Å²) in [6.07, 6.45) is 1.11. The molecule has 3 aromatic carbocycles. The number of sulfonamides is 1. The van der Waals surface area contributed by atoms with Gasteiger partial charge in [0.15, 0.2) is 0 Å². The molecule has 4 aromatic rings. The van der Waals surface area contributed by atoms with Crippen molar-refractivity contribution < 1.29 is 26.8 Å². The van der Waals surface area contributed by atoms with Crippen LogP contribution in [0.5, 0.6) is 0 Å². The number of fused-ring (bicyclic) bond motifs is 1. The summed E-state index contributed by atoms with van der Waals surface area (Å²) < 4.78 is 46.7. The van der Waals surface area contributed by atoms with E-state index in [-0.39, 0.29) is 29.4 Å². The molecule has 40 heavy (non-hydrogen) atoms. The number of hydrogen-bond donors (Lipinski definition) is 2. The quantitative estimate of drug-likeness (QED) is 0.304. The number of anilines is 1.